The molecule has 3 nitrogen and oxygen atoms in total. The number of hydrogen-bond acceptors (Lipinski definition) is 2. The smallest absolute Gasteiger partial charge is 0.226 e. The molecule has 1 atom stereocenters. The third-order valence-electron chi connectivity index (χ3n) is 3.26. The Morgan fingerprint density at radius 3 is 1.89 bits per heavy atom. The first-order chi connectivity index (χ1) is 8.62. The second-order valence-electron chi connectivity index (χ2n) is 6.12. The number of alkyl halides is 3. The highest BCUT2D eigenvalue weighted by atomic mass is 35.6. The highest BCUT2D eigenvalue weighted by molar-refractivity contribution is 6.68. The molecule has 1 N–H and O–H groups in total. The van der Waals surface area contributed by atoms with Gasteiger partial charge in [-0.3, -0.25) is 9.69 Å². The first kappa shape index (κ1) is 17.4. The molecule has 1 fully saturated rings. The van der Waals surface area contributed by atoms with Gasteiger partial charge in [-0.1, -0.05) is 68.4 Å². The highest BCUT2D eigenvalue weighted by Crippen LogP contribution is 2.33. The third kappa shape index (κ3) is 5.66. The second kappa shape index (κ2) is 6.84. The predicted molar refractivity (Wildman–Crippen MR) is 81.7 cm³/mol. The van der Waals surface area contributed by atoms with Gasteiger partial charge in [0.15, 0.2) is 0 Å². The van der Waals surface area contributed by atoms with Crippen LogP contribution in [0.4, 0.5) is 0 Å². The molecule has 1 aliphatic rings. The fourth-order valence-electron chi connectivity index (χ4n) is 2.07. The van der Waals surface area contributed by atoms with Crippen LogP contribution >= 0.6 is 34.8 Å². The number of amides is 1. The Morgan fingerprint density at radius 2 is 1.53 bits per heavy atom. The van der Waals surface area contributed by atoms with Crippen LogP contribution in [-0.4, -0.2) is 33.9 Å². The van der Waals surface area contributed by atoms with Crippen molar-refractivity contribution in [3.8, 4) is 0 Å². The van der Waals surface area contributed by atoms with Gasteiger partial charge in [-0.25, -0.2) is 0 Å². The largest absolute Gasteiger partial charge is 0.336 e. The molecule has 1 rings (SSSR count). The first-order valence-corrected chi connectivity index (χ1v) is 7.87. The average molecular weight is 330 g/mol. The molecule has 112 valence electrons. The standard InChI is InChI=1S/C13H23Cl3N2O/c1-12(2,3)11(19)17-10(13(14,15)16)18-8-6-4-5-7-9-18/h10H,4-9H2,1-3H3,(H,17,19)/t10-/m0/s1. The Balaban J connectivity index is 2.80. The maximum absolute atomic E-state index is 12.1. The van der Waals surface area contributed by atoms with Crippen molar-refractivity contribution in [2.45, 2.75) is 56.4 Å². The number of nitrogens with one attached hydrogen (secondary N) is 1. The molecule has 0 bridgehead atoms. The minimum Gasteiger partial charge on any atom is -0.336 e. The van der Waals surface area contributed by atoms with Gasteiger partial charge in [0.25, 0.3) is 0 Å². The van der Waals surface area contributed by atoms with Gasteiger partial charge in [0.2, 0.25) is 9.70 Å². The molecule has 0 aliphatic carbocycles. The molecule has 0 unspecified atom stereocenters. The van der Waals surface area contributed by atoms with E-state index in [1.54, 1.807) is 0 Å². The Kier molecular flexibility index (Phi) is 6.25. The fourth-order valence-corrected chi connectivity index (χ4v) is 2.65. The van der Waals surface area contributed by atoms with E-state index in [0.29, 0.717) is 0 Å². The number of rotatable bonds is 2. The molecule has 0 aromatic carbocycles. The third-order valence-corrected chi connectivity index (χ3v) is 3.88. The summed E-state index contributed by atoms with van der Waals surface area (Å²) in [6, 6.07) is 0. The lowest BCUT2D eigenvalue weighted by Crippen LogP contribution is -2.57. The van der Waals surface area contributed by atoms with Crippen molar-refractivity contribution in [1.29, 1.82) is 0 Å². The average Bonchev–Trinajstić information content (AvgIpc) is 2.50. The van der Waals surface area contributed by atoms with Gasteiger partial charge in [0.05, 0.1) is 0 Å². The molecule has 1 amide bonds. The van der Waals surface area contributed by atoms with Gasteiger partial charge in [-0.15, -0.1) is 0 Å². The van der Waals surface area contributed by atoms with Crippen molar-refractivity contribution >= 4 is 40.7 Å². The van der Waals surface area contributed by atoms with Crippen LogP contribution in [0.5, 0.6) is 0 Å². The molecule has 0 aromatic heterocycles. The summed E-state index contributed by atoms with van der Waals surface area (Å²) in [5.74, 6) is -0.104. The van der Waals surface area contributed by atoms with Crippen LogP contribution in [-0.2, 0) is 4.79 Å². The Hall–Kier alpha value is 0.300. The van der Waals surface area contributed by atoms with E-state index >= 15 is 0 Å². The molecular formula is C13H23Cl3N2O. The van der Waals surface area contributed by atoms with Gasteiger partial charge in [-0.05, 0) is 12.8 Å². The maximum atomic E-state index is 12.1. The van der Waals surface area contributed by atoms with Crippen molar-refractivity contribution in [3.05, 3.63) is 0 Å². The topological polar surface area (TPSA) is 32.3 Å². The van der Waals surface area contributed by atoms with Crippen molar-refractivity contribution in [2.75, 3.05) is 13.1 Å². The summed E-state index contributed by atoms with van der Waals surface area (Å²) < 4.78 is -1.52. The van der Waals surface area contributed by atoms with Crippen molar-refractivity contribution in [1.82, 2.24) is 10.2 Å². The number of carbonyl (C=O) groups is 1. The molecular weight excluding hydrogens is 307 g/mol. The van der Waals surface area contributed by atoms with Crippen LogP contribution in [0.1, 0.15) is 46.5 Å². The van der Waals surface area contributed by atoms with Crippen LogP contribution in [0.3, 0.4) is 0 Å². The lowest BCUT2D eigenvalue weighted by atomic mass is 9.95. The minimum atomic E-state index is -1.52. The predicted octanol–water partition coefficient (Wildman–Crippen LogP) is 3.72. The summed E-state index contributed by atoms with van der Waals surface area (Å²) in [7, 11) is 0. The molecule has 1 saturated heterocycles. The van der Waals surface area contributed by atoms with Crippen molar-refractivity contribution < 1.29 is 4.79 Å². The quantitative estimate of drug-likeness (QED) is 0.783. The minimum absolute atomic E-state index is 0.104. The summed E-state index contributed by atoms with van der Waals surface area (Å²) in [5.41, 5.74) is -0.500. The van der Waals surface area contributed by atoms with E-state index in [-0.39, 0.29) is 5.91 Å². The summed E-state index contributed by atoms with van der Waals surface area (Å²) >= 11 is 18.2. The van der Waals surface area contributed by atoms with Gasteiger partial charge in [-0.2, -0.15) is 0 Å². The summed E-state index contributed by atoms with van der Waals surface area (Å²) in [6.45, 7) is 7.24. The number of halogens is 3. The zero-order valence-corrected chi connectivity index (χ0v) is 14.1. The SMILES string of the molecule is CC(C)(C)C(=O)N[C@@H](N1CCCCCC1)C(Cl)(Cl)Cl. The van der Waals surface area contributed by atoms with E-state index in [9.17, 15) is 4.79 Å². The Labute approximate surface area is 130 Å². The van der Waals surface area contributed by atoms with E-state index in [4.69, 9.17) is 34.8 Å². The van der Waals surface area contributed by atoms with E-state index < -0.39 is 15.4 Å². The fraction of sp³-hybridized carbons (Fsp3) is 0.923. The molecule has 0 aromatic rings. The van der Waals surface area contributed by atoms with Gasteiger partial charge in [0.1, 0.15) is 6.17 Å². The van der Waals surface area contributed by atoms with Gasteiger partial charge < -0.3 is 5.32 Å². The lowest BCUT2D eigenvalue weighted by molar-refractivity contribution is -0.130. The zero-order valence-electron chi connectivity index (χ0n) is 11.8. The Morgan fingerprint density at radius 1 is 1.05 bits per heavy atom. The summed E-state index contributed by atoms with van der Waals surface area (Å²) in [5, 5.41) is 2.89. The molecule has 1 heterocycles. The first-order valence-electron chi connectivity index (χ1n) is 6.74. The molecule has 0 spiro atoms. The molecule has 19 heavy (non-hydrogen) atoms. The monoisotopic (exact) mass is 328 g/mol. The van der Waals surface area contributed by atoms with Crippen LogP contribution in [0.2, 0.25) is 0 Å². The van der Waals surface area contributed by atoms with Crippen LogP contribution in [0.25, 0.3) is 0 Å². The Bertz CT molecular complexity index is 302. The van der Waals surface area contributed by atoms with Gasteiger partial charge >= 0.3 is 0 Å². The van der Waals surface area contributed by atoms with E-state index in [0.717, 1.165) is 25.9 Å². The van der Waals surface area contributed by atoms with Crippen molar-refractivity contribution in [2.24, 2.45) is 5.41 Å². The maximum Gasteiger partial charge on any atom is 0.226 e. The molecule has 0 saturated carbocycles. The zero-order chi connectivity index (χ0) is 14.7. The highest BCUT2D eigenvalue weighted by Gasteiger charge is 2.40. The van der Waals surface area contributed by atoms with E-state index in [1.807, 2.05) is 20.8 Å². The van der Waals surface area contributed by atoms with Crippen LogP contribution in [0, 0.1) is 5.41 Å². The van der Waals surface area contributed by atoms with Crippen LogP contribution < -0.4 is 5.32 Å². The van der Waals surface area contributed by atoms with E-state index in [2.05, 4.69) is 10.2 Å². The second-order valence-corrected chi connectivity index (χ2v) is 8.49. The molecule has 6 heteroatoms. The lowest BCUT2D eigenvalue weighted by Gasteiger charge is -2.37. The molecule has 0 radical (unpaired) electrons. The number of carbonyl (C=O) groups excluding carboxylic acids is 1. The van der Waals surface area contributed by atoms with Gasteiger partial charge in [0, 0.05) is 18.5 Å². The molecule has 1 aliphatic heterocycles. The summed E-state index contributed by atoms with van der Waals surface area (Å²) in [6.07, 6.45) is 3.96. The van der Waals surface area contributed by atoms with Crippen LogP contribution in [0.15, 0.2) is 0 Å². The normalized spacial score (nSPS) is 20.7. The summed E-state index contributed by atoms with van der Waals surface area (Å²) in [4.78, 5) is 14.2. The number of nitrogens with zero attached hydrogens (tertiary/aromatic N) is 1. The van der Waals surface area contributed by atoms with E-state index in [1.165, 1.54) is 12.8 Å². The number of hydrogen-bond donors (Lipinski definition) is 1. The number of likely N-dealkylation sites (tertiary alicyclic amines) is 1. The van der Waals surface area contributed by atoms with Crippen molar-refractivity contribution in [3.63, 3.8) is 0 Å².